The van der Waals surface area contributed by atoms with Crippen molar-refractivity contribution in [3.63, 3.8) is 0 Å². The van der Waals surface area contributed by atoms with Gasteiger partial charge in [-0.05, 0) is 23.6 Å². The van der Waals surface area contributed by atoms with Gasteiger partial charge in [0.1, 0.15) is 11.5 Å². The van der Waals surface area contributed by atoms with Crippen molar-refractivity contribution < 1.29 is 22.7 Å². The Morgan fingerprint density at radius 2 is 1.69 bits per heavy atom. The van der Waals surface area contributed by atoms with Gasteiger partial charge in [-0.15, -0.1) is 13.2 Å². The zero-order chi connectivity index (χ0) is 11.8. The predicted molar refractivity (Wildman–Crippen MR) is 50.1 cm³/mol. The van der Waals surface area contributed by atoms with Gasteiger partial charge < -0.3 is 4.74 Å². The molecule has 1 saturated carbocycles. The summed E-state index contributed by atoms with van der Waals surface area (Å²) in [6.45, 7) is 0. The van der Waals surface area contributed by atoms with Gasteiger partial charge in [0.15, 0.2) is 0 Å². The number of halogens is 3. The molecule has 0 aromatic heterocycles. The number of ketones is 1. The van der Waals surface area contributed by atoms with Gasteiger partial charge in [-0.2, -0.15) is 0 Å². The van der Waals surface area contributed by atoms with E-state index in [9.17, 15) is 18.0 Å². The van der Waals surface area contributed by atoms with Crippen molar-refractivity contribution in [1.82, 2.24) is 0 Å². The van der Waals surface area contributed by atoms with Crippen molar-refractivity contribution in [3.05, 3.63) is 29.8 Å². The van der Waals surface area contributed by atoms with Gasteiger partial charge >= 0.3 is 6.36 Å². The minimum absolute atomic E-state index is 0.160. The molecule has 0 N–H and O–H groups in total. The smallest absolute Gasteiger partial charge is 0.406 e. The average Bonchev–Trinajstić information content (AvgIpc) is 2.12. The maximum absolute atomic E-state index is 11.9. The van der Waals surface area contributed by atoms with Gasteiger partial charge in [-0.1, -0.05) is 12.1 Å². The molecule has 0 atom stereocenters. The fourth-order valence-corrected chi connectivity index (χ4v) is 1.67. The average molecular weight is 230 g/mol. The van der Waals surface area contributed by atoms with Crippen LogP contribution in [0.1, 0.15) is 24.3 Å². The Morgan fingerprint density at radius 3 is 2.12 bits per heavy atom. The molecule has 1 fully saturated rings. The summed E-state index contributed by atoms with van der Waals surface area (Å²) >= 11 is 0. The summed E-state index contributed by atoms with van der Waals surface area (Å²) < 4.78 is 39.3. The number of ether oxygens (including phenoxy) is 1. The van der Waals surface area contributed by atoms with E-state index in [-0.39, 0.29) is 17.5 Å². The van der Waals surface area contributed by atoms with Crippen LogP contribution in [0.3, 0.4) is 0 Å². The lowest BCUT2D eigenvalue weighted by Crippen LogP contribution is -2.21. The minimum Gasteiger partial charge on any atom is -0.406 e. The molecule has 1 aliphatic carbocycles. The van der Waals surface area contributed by atoms with Crippen LogP contribution in [0.25, 0.3) is 0 Å². The van der Waals surface area contributed by atoms with Crippen molar-refractivity contribution in [2.45, 2.75) is 25.1 Å². The molecule has 1 aliphatic rings. The lowest BCUT2D eigenvalue weighted by Gasteiger charge is -2.24. The molecule has 0 radical (unpaired) electrons. The van der Waals surface area contributed by atoms with Crippen LogP contribution in [0, 0.1) is 0 Å². The third-order valence-electron chi connectivity index (χ3n) is 2.53. The Morgan fingerprint density at radius 1 is 1.12 bits per heavy atom. The number of Topliss-reactive ketones (excluding diaryl/α,β-unsaturated/α-hetero) is 1. The van der Waals surface area contributed by atoms with Gasteiger partial charge in [0.2, 0.25) is 0 Å². The van der Waals surface area contributed by atoms with Crippen LogP contribution in [-0.4, -0.2) is 12.1 Å². The van der Waals surface area contributed by atoms with Crippen LogP contribution in [0.2, 0.25) is 0 Å². The zero-order valence-electron chi connectivity index (χ0n) is 8.25. The van der Waals surface area contributed by atoms with Crippen molar-refractivity contribution in [1.29, 1.82) is 0 Å². The maximum atomic E-state index is 11.9. The van der Waals surface area contributed by atoms with E-state index in [4.69, 9.17) is 0 Å². The van der Waals surface area contributed by atoms with Gasteiger partial charge in [0.25, 0.3) is 0 Å². The van der Waals surface area contributed by atoms with Crippen LogP contribution in [-0.2, 0) is 4.79 Å². The summed E-state index contributed by atoms with van der Waals surface area (Å²) in [7, 11) is 0. The second kappa shape index (κ2) is 3.81. The molecule has 0 amide bonds. The van der Waals surface area contributed by atoms with Crippen LogP contribution >= 0.6 is 0 Å². The highest BCUT2D eigenvalue weighted by Crippen LogP contribution is 2.34. The van der Waals surface area contributed by atoms with E-state index in [2.05, 4.69) is 4.74 Å². The fourth-order valence-electron chi connectivity index (χ4n) is 1.67. The highest BCUT2D eigenvalue weighted by molar-refractivity contribution is 5.86. The van der Waals surface area contributed by atoms with Gasteiger partial charge in [-0.3, -0.25) is 4.79 Å². The van der Waals surface area contributed by atoms with Gasteiger partial charge in [-0.25, -0.2) is 0 Å². The summed E-state index contributed by atoms with van der Waals surface area (Å²) in [6.07, 6.45) is -3.69. The zero-order valence-corrected chi connectivity index (χ0v) is 8.25. The molecule has 16 heavy (non-hydrogen) atoms. The van der Waals surface area contributed by atoms with Crippen LogP contribution < -0.4 is 4.74 Å². The summed E-state index contributed by atoms with van der Waals surface area (Å²) in [5, 5.41) is 0. The summed E-state index contributed by atoms with van der Waals surface area (Å²) in [6, 6.07) is 5.67. The molecule has 1 aromatic carbocycles. The Kier molecular flexibility index (Phi) is 2.61. The van der Waals surface area contributed by atoms with Crippen LogP contribution in [0.4, 0.5) is 13.2 Å². The summed E-state index contributed by atoms with van der Waals surface area (Å²) in [5.74, 6) is 0.120. The highest BCUT2D eigenvalue weighted by atomic mass is 19.4. The Labute approximate surface area is 90.0 Å². The maximum Gasteiger partial charge on any atom is 0.573 e. The lowest BCUT2D eigenvalue weighted by atomic mass is 9.79. The highest BCUT2D eigenvalue weighted by Gasteiger charge is 2.31. The van der Waals surface area contributed by atoms with Crippen LogP contribution in [0.15, 0.2) is 24.3 Å². The molecule has 2 nitrogen and oxygen atoms in total. The monoisotopic (exact) mass is 230 g/mol. The summed E-state index contributed by atoms with van der Waals surface area (Å²) in [4.78, 5) is 10.8. The second-order valence-electron chi connectivity index (χ2n) is 3.76. The third-order valence-corrected chi connectivity index (χ3v) is 2.53. The topological polar surface area (TPSA) is 26.3 Å². The molecular weight excluding hydrogens is 221 g/mol. The van der Waals surface area contributed by atoms with Gasteiger partial charge in [0, 0.05) is 12.8 Å². The van der Waals surface area contributed by atoms with Crippen molar-refractivity contribution >= 4 is 5.78 Å². The first kappa shape index (κ1) is 11.0. The number of benzene rings is 1. The standard InChI is InChI=1S/C11H9F3O2/c12-11(13,14)16-10-3-1-7(2-4-10)8-5-9(15)6-8/h1-4,8H,5-6H2. The molecular formula is C11H9F3O2. The number of hydrogen-bond donors (Lipinski definition) is 0. The first-order chi connectivity index (χ1) is 7.44. The van der Waals surface area contributed by atoms with Gasteiger partial charge in [0.05, 0.1) is 0 Å². The second-order valence-corrected chi connectivity index (χ2v) is 3.76. The number of hydrogen-bond acceptors (Lipinski definition) is 2. The first-order valence-electron chi connectivity index (χ1n) is 4.81. The lowest BCUT2D eigenvalue weighted by molar-refractivity contribution is -0.274. The minimum atomic E-state index is -4.66. The molecule has 0 heterocycles. The summed E-state index contributed by atoms with van der Waals surface area (Å²) in [5.41, 5.74) is 0.883. The van der Waals surface area contributed by atoms with E-state index in [1.54, 1.807) is 12.1 Å². The van der Waals surface area contributed by atoms with E-state index < -0.39 is 6.36 Å². The van der Waals surface area contributed by atoms with Crippen molar-refractivity contribution in [2.24, 2.45) is 0 Å². The molecule has 0 spiro atoms. The predicted octanol–water partition coefficient (Wildman–Crippen LogP) is 3.03. The number of carbonyl (C=O) groups is 1. The SMILES string of the molecule is O=C1CC(c2ccc(OC(F)(F)F)cc2)C1. The number of rotatable bonds is 2. The number of alkyl halides is 3. The largest absolute Gasteiger partial charge is 0.573 e. The Bertz CT molecular complexity index is 387. The molecule has 0 bridgehead atoms. The molecule has 1 aromatic rings. The normalized spacial score (nSPS) is 17.1. The van der Waals surface area contributed by atoms with E-state index >= 15 is 0 Å². The van der Waals surface area contributed by atoms with E-state index in [1.165, 1.54) is 12.1 Å². The van der Waals surface area contributed by atoms with E-state index in [0.717, 1.165) is 5.56 Å². The quantitative estimate of drug-likeness (QED) is 0.780. The fraction of sp³-hybridized carbons (Fsp3) is 0.364. The molecule has 0 unspecified atom stereocenters. The molecule has 0 aliphatic heterocycles. The third kappa shape index (κ3) is 2.53. The van der Waals surface area contributed by atoms with E-state index in [1.807, 2.05) is 0 Å². The van der Waals surface area contributed by atoms with Crippen molar-refractivity contribution in [2.75, 3.05) is 0 Å². The molecule has 5 heteroatoms. The Balaban J connectivity index is 2.02. The molecule has 0 saturated heterocycles. The molecule has 86 valence electrons. The molecule has 2 rings (SSSR count). The van der Waals surface area contributed by atoms with Crippen LogP contribution in [0.5, 0.6) is 5.75 Å². The first-order valence-corrected chi connectivity index (χ1v) is 4.81. The Hall–Kier alpha value is -1.52. The number of carbonyl (C=O) groups excluding carboxylic acids is 1. The van der Waals surface area contributed by atoms with Crippen molar-refractivity contribution in [3.8, 4) is 5.75 Å². The van der Waals surface area contributed by atoms with E-state index in [0.29, 0.717) is 12.8 Å².